The summed E-state index contributed by atoms with van der Waals surface area (Å²) in [7, 11) is 1.66. The number of anilines is 2. The van der Waals surface area contributed by atoms with Gasteiger partial charge in [0.15, 0.2) is 11.2 Å². The topological polar surface area (TPSA) is 65.1 Å². The number of allylic oxidation sites excluding steroid dienone is 1. The molecule has 0 spiro atoms. The molecular formula is C21H25N5O2. The van der Waals surface area contributed by atoms with Crippen molar-refractivity contribution < 1.29 is 0 Å². The first kappa shape index (κ1) is 18.3. The lowest BCUT2D eigenvalue weighted by molar-refractivity contribution is 0.458. The summed E-state index contributed by atoms with van der Waals surface area (Å²) in [4.78, 5) is 32.6. The minimum Gasteiger partial charge on any atom is -0.312 e. The van der Waals surface area contributed by atoms with E-state index in [0.717, 1.165) is 12.2 Å². The van der Waals surface area contributed by atoms with Crippen molar-refractivity contribution in [2.24, 2.45) is 13.0 Å². The van der Waals surface area contributed by atoms with Gasteiger partial charge >= 0.3 is 5.69 Å². The fourth-order valence-corrected chi connectivity index (χ4v) is 4.12. The Morgan fingerprint density at radius 2 is 1.86 bits per heavy atom. The number of aryl methyl sites for hydroxylation is 3. The SMILES string of the molecule is C=CCn1c(=O)c2c(nc3n2C[C@H](C)CN3c2cc(C)cc(C)c2)n(C)c1=O. The highest BCUT2D eigenvalue weighted by molar-refractivity contribution is 5.77. The molecule has 1 aliphatic heterocycles. The summed E-state index contributed by atoms with van der Waals surface area (Å²) >= 11 is 0. The minimum absolute atomic E-state index is 0.179. The molecule has 7 nitrogen and oxygen atoms in total. The van der Waals surface area contributed by atoms with Crippen LogP contribution >= 0.6 is 0 Å². The molecule has 7 heteroatoms. The molecule has 1 aliphatic rings. The Morgan fingerprint density at radius 1 is 1.18 bits per heavy atom. The van der Waals surface area contributed by atoms with Gasteiger partial charge in [0.25, 0.3) is 5.56 Å². The van der Waals surface area contributed by atoms with E-state index in [1.807, 2.05) is 4.57 Å². The molecule has 0 aliphatic carbocycles. The normalized spacial score (nSPS) is 16.4. The average molecular weight is 379 g/mol. The predicted octanol–water partition coefficient (Wildman–Crippen LogP) is 2.49. The second kappa shape index (κ2) is 6.51. The third-order valence-electron chi connectivity index (χ3n) is 5.27. The van der Waals surface area contributed by atoms with E-state index >= 15 is 0 Å². The maximum Gasteiger partial charge on any atom is 0.332 e. The highest BCUT2D eigenvalue weighted by Gasteiger charge is 2.29. The highest BCUT2D eigenvalue weighted by atomic mass is 16.2. The third kappa shape index (κ3) is 2.69. The molecule has 3 heterocycles. The van der Waals surface area contributed by atoms with Crippen LogP contribution in [0.15, 0.2) is 40.4 Å². The van der Waals surface area contributed by atoms with Gasteiger partial charge in [-0.25, -0.2) is 4.79 Å². The second-order valence-electron chi connectivity index (χ2n) is 7.80. The number of imidazole rings is 1. The van der Waals surface area contributed by atoms with Gasteiger partial charge in [0.05, 0.1) is 0 Å². The maximum atomic E-state index is 13.1. The number of rotatable bonds is 3. The Balaban J connectivity index is 2.03. The molecule has 28 heavy (non-hydrogen) atoms. The quantitative estimate of drug-likeness (QED) is 0.656. The summed E-state index contributed by atoms with van der Waals surface area (Å²) in [5.74, 6) is 1.04. The number of benzene rings is 1. The van der Waals surface area contributed by atoms with Crippen LogP contribution in [0.2, 0.25) is 0 Å². The van der Waals surface area contributed by atoms with Crippen LogP contribution in [0, 0.1) is 19.8 Å². The van der Waals surface area contributed by atoms with Gasteiger partial charge in [0.2, 0.25) is 5.95 Å². The molecule has 0 bridgehead atoms. The van der Waals surface area contributed by atoms with Crippen LogP contribution in [0.3, 0.4) is 0 Å². The van der Waals surface area contributed by atoms with E-state index in [-0.39, 0.29) is 17.8 Å². The standard InChI is InChI=1S/C21H25N5O2/c1-6-7-24-19(27)17-18(23(5)21(24)28)22-20-25(11-15(4)12-26(17)20)16-9-13(2)8-14(3)10-16/h6,8-10,15H,1,7,11-12H2,2-5H3/t15-/m1/s1. The smallest absolute Gasteiger partial charge is 0.312 e. The molecule has 146 valence electrons. The zero-order chi connectivity index (χ0) is 20.2. The van der Waals surface area contributed by atoms with Crippen molar-refractivity contribution in [1.29, 1.82) is 0 Å². The van der Waals surface area contributed by atoms with Crippen molar-refractivity contribution in [3.63, 3.8) is 0 Å². The highest BCUT2D eigenvalue weighted by Crippen LogP contribution is 2.33. The summed E-state index contributed by atoms with van der Waals surface area (Å²) in [5.41, 5.74) is 3.61. The average Bonchev–Trinajstić information content (AvgIpc) is 3.01. The van der Waals surface area contributed by atoms with Gasteiger partial charge in [-0.3, -0.25) is 13.9 Å². The van der Waals surface area contributed by atoms with E-state index in [0.29, 0.717) is 29.6 Å². The Bertz CT molecular complexity index is 1190. The lowest BCUT2D eigenvalue weighted by Crippen LogP contribution is -2.40. The summed E-state index contributed by atoms with van der Waals surface area (Å²) in [6.07, 6.45) is 1.56. The van der Waals surface area contributed by atoms with Crippen LogP contribution in [-0.2, 0) is 20.1 Å². The summed E-state index contributed by atoms with van der Waals surface area (Å²) in [6.45, 7) is 11.6. The van der Waals surface area contributed by atoms with Crippen molar-refractivity contribution >= 4 is 22.8 Å². The molecule has 0 unspecified atom stereocenters. The number of nitrogens with zero attached hydrogens (tertiary/aromatic N) is 5. The molecule has 0 N–H and O–H groups in total. The van der Waals surface area contributed by atoms with Gasteiger partial charge in [-0.05, 0) is 43.0 Å². The van der Waals surface area contributed by atoms with Crippen LogP contribution in [0.25, 0.3) is 11.2 Å². The largest absolute Gasteiger partial charge is 0.332 e. The van der Waals surface area contributed by atoms with E-state index in [4.69, 9.17) is 4.98 Å². The molecule has 2 aromatic heterocycles. The summed E-state index contributed by atoms with van der Waals surface area (Å²) in [6, 6.07) is 6.39. The van der Waals surface area contributed by atoms with Gasteiger partial charge in [-0.1, -0.05) is 19.1 Å². The monoisotopic (exact) mass is 379 g/mol. The Labute approximate surface area is 163 Å². The number of hydrogen-bond donors (Lipinski definition) is 0. The second-order valence-corrected chi connectivity index (χ2v) is 7.80. The zero-order valence-corrected chi connectivity index (χ0v) is 16.8. The van der Waals surface area contributed by atoms with Crippen LogP contribution in [0.5, 0.6) is 0 Å². The molecule has 1 aromatic carbocycles. The van der Waals surface area contributed by atoms with E-state index in [9.17, 15) is 9.59 Å². The summed E-state index contributed by atoms with van der Waals surface area (Å²) in [5, 5.41) is 0. The van der Waals surface area contributed by atoms with Gasteiger partial charge in [-0.15, -0.1) is 6.58 Å². The van der Waals surface area contributed by atoms with Gasteiger partial charge < -0.3 is 9.47 Å². The lowest BCUT2D eigenvalue weighted by Gasteiger charge is -2.33. The van der Waals surface area contributed by atoms with E-state index < -0.39 is 0 Å². The van der Waals surface area contributed by atoms with Gasteiger partial charge in [0, 0.05) is 32.4 Å². The zero-order valence-electron chi connectivity index (χ0n) is 16.8. The van der Waals surface area contributed by atoms with Crippen molar-refractivity contribution in [3.05, 3.63) is 62.8 Å². The molecule has 1 atom stereocenters. The molecule has 0 saturated carbocycles. The van der Waals surface area contributed by atoms with Crippen molar-refractivity contribution in [3.8, 4) is 0 Å². The molecule has 0 fully saturated rings. The Kier molecular flexibility index (Phi) is 4.25. The first-order valence-electron chi connectivity index (χ1n) is 9.48. The fourth-order valence-electron chi connectivity index (χ4n) is 4.12. The maximum absolute atomic E-state index is 13.1. The first-order valence-corrected chi connectivity index (χ1v) is 9.48. The number of fused-ring (bicyclic) bond motifs is 3. The van der Waals surface area contributed by atoms with Crippen molar-refractivity contribution in [1.82, 2.24) is 18.7 Å². The molecular weight excluding hydrogens is 354 g/mol. The molecule has 0 saturated heterocycles. The first-order chi connectivity index (χ1) is 13.3. The lowest BCUT2D eigenvalue weighted by atomic mass is 10.1. The molecule has 3 aromatic rings. The fraction of sp³-hybridized carbons (Fsp3) is 0.381. The Morgan fingerprint density at radius 3 is 2.50 bits per heavy atom. The van der Waals surface area contributed by atoms with E-state index in [1.54, 1.807) is 13.1 Å². The van der Waals surface area contributed by atoms with Crippen LogP contribution in [0.1, 0.15) is 18.1 Å². The third-order valence-corrected chi connectivity index (χ3v) is 5.27. The van der Waals surface area contributed by atoms with Crippen LogP contribution in [-0.4, -0.2) is 25.2 Å². The minimum atomic E-state index is -0.376. The number of aromatic nitrogens is 4. The molecule has 0 radical (unpaired) electrons. The van der Waals surface area contributed by atoms with Crippen molar-refractivity contribution in [2.45, 2.75) is 33.9 Å². The van der Waals surface area contributed by atoms with Crippen molar-refractivity contribution in [2.75, 3.05) is 11.4 Å². The van der Waals surface area contributed by atoms with E-state index in [2.05, 4.69) is 50.4 Å². The van der Waals surface area contributed by atoms with Gasteiger partial charge in [0.1, 0.15) is 0 Å². The van der Waals surface area contributed by atoms with E-state index in [1.165, 1.54) is 20.3 Å². The Hall–Kier alpha value is -3.09. The molecule has 4 rings (SSSR count). The predicted molar refractivity (Wildman–Crippen MR) is 112 cm³/mol. The molecule has 0 amide bonds. The van der Waals surface area contributed by atoms with Crippen LogP contribution < -0.4 is 16.1 Å². The summed E-state index contributed by atoms with van der Waals surface area (Å²) < 4.78 is 4.63. The number of hydrogen-bond acceptors (Lipinski definition) is 4. The van der Waals surface area contributed by atoms with Gasteiger partial charge in [-0.2, -0.15) is 4.98 Å². The van der Waals surface area contributed by atoms with Crippen LogP contribution in [0.4, 0.5) is 11.6 Å².